The molecule has 0 aliphatic rings. The predicted octanol–water partition coefficient (Wildman–Crippen LogP) is 2.50. The number of allylic oxidation sites excluding steroid dienone is 2. The zero-order valence-corrected chi connectivity index (χ0v) is 6.31. The summed E-state index contributed by atoms with van der Waals surface area (Å²) in [6.07, 6.45) is 2.78. The Kier molecular flexibility index (Phi) is 3.79. The van der Waals surface area contributed by atoms with Crippen LogP contribution in [0.4, 0.5) is 0 Å². The van der Waals surface area contributed by atoms with Gasteiger partial charge in [0.05, 0.1) is 6.07 Å². The first kappa shape index (κ1) is 8.23. The van der Waals surface area contributed by atoms with Crippen molar-refractivity contribution >= 4 is 0 Å². The summed E-state index contributed by atoms with van der Waals surface area (Å²) >= 11 is 0. The molecule has 0 unspecified atom stereocenters. The maximum Gasteiger partial charge on any atom is 0.0943 e. The highest BCUT2D eigenvalue weighted by molar-refractivity contribution is 5.19. The molecule has 1 nitrogen and oxygen atoms in total. The van der Waals surface area contributed by atoms with Crippen LogP contribution in [0.15, 0.2) is 11.6 Å². The van der Waals surface area contributed by atoms with E-state index in [2.05, 4.69) is 19.9 Å². The van der Waals surface area contributed by atoms with E-state index < -0.39 is 0 Å². The lowest BCUT2D eigenvalue weighted by atomic mass is 10.0. The molecule has 50 valence electrons. The van der Waals surface area contributed by atoms with Crippen molar-refractivity contribution in [2.45, 2.75) is 27.2 Å². The molecule has 0 fully saturated rings. The molecule has 0 N–H and O–H groups in total. The average molecular weight is 123 g/mol. The van der Waals surface area contributed by atoms with Crippen molar-refractivity contribution in [3.63, 3.8) is 0 Å². The van der Waals surface area contributed by atoms with Crippen molar-refractivity contribution in [1.29, 1.82) is 5.26 Å². The minimum atomic E-state index is 0.593. The molecule has 9 heavy (non-hydrogen) atoms. The van der Waals surface area contributed by atoms with Crippen LogP contribution in [-0.2, 0) is 0 Å². The Morgan fingerprint density at radius 2 is 2.22 bits per heavy atom. The van der Waals surface area contributed by atoms with Crippen LogP contribution in [0, 0.1) is 17.2 Å². The van der Waals surface area contributed by atoms with Gasteiger partial charge < -0.3 is 0 Å². The van der Waals surface area contributed by atoms with Gasteiger partial charge >= 0.3 is 0 Å². The molecular formula is C8H13N. The van der Waals surface area contributed by atoms with Crippen molar-refractivity contribution in [2.75, 3.05) is 0 Å². The maximum atomic E-state index is 8.46. The van der Waals surface area contributed by atoms with Crippen molar-refractivity contribution in [3.8, 4) is 6.07 Å². The Balaban J connectivity index is 3.76. The topological polar surface area (TPSA) is 23.8 Å². The molecular weight excluding hydrogens is 110 g/mol. The lowest BCUT2D eigenvalue weighted by Gasteiger charge is -1.99. The smallest absolute Gasteiger partial charge is 0.0943 e. The highest BCUT2D eigenvalue weighted by Crippen LogP contribution is 2.08. The molecule has 0 amide bonds. The van der Waals surface area contributed by atoms with Crippen LogP contribution in [0.25, 0.3) is 0 Å². The summed E-state index contributed by atoms with van der Waals surface area (Å²) in [7, 11) is 0. The fraction of sp³-hybridized carbons (Fsp3) is 0.625. The van der Waals surface area contributed by atoms with E-state index in [1.165, 1.54) is 0 Å². The zero-order valence-electron chi connectivity index (χ0n) is 6.31. The standard InChI is InChI=1S/C8H13N/c1-4-8(6-9)5-7(2)3/h4,7H,5H2,1-3H3. The van der Waals surface area contributed by atoms with Gasteiger partial charge in [-0.2, -0.15) is 5.26 Å². The summed E-state index contributed by atoms with van der Waals surface area (Å²) in [5, 5.41) is 8.46. The molecule has 0 aromatic rings. The molecule has 0 bridgehead atoms. The van der Waals surface area contributed by atoms with Crippen molar-refractivity contribution in [1.82, 2.24) is 0 Å². The SMILES string of the molecule is CC=C(C#N)CC(C)C. The Morgan fingerprint density at radius 3 is 2.33 bits per heavy atom. The van der Waals surface area contributed by atoms with Gasteiger partial charge in [-0.25, -0.2) is 0 Å². The molecule has 0 rings (SSSR count). The van der Waals surface area contributed by atoms with E-state index in [0.29, 0.717) is 5.92 Å². The lowest BCUT2D eigenvalue weighted by molar-refractivity contribution is 0.651. The summed E-state index contributed by atoms with van der Waals surface area (Å²) in [6, 6.07) is 2.14. The highest BCUT2D eigenvalue weighted by atomic mass is 14.2. The molecule has 0 aromatic heterocycles. The Morgan fingerprint density at radius 1 is 1.67 bits per heavy atom. The first-order valence-electron chi connectivity index (χ1n) is 3.26. The molecule has 0 saturated heterocycles. The third kappa shape index (κ3) is 3.78. The van der Waals surface area contributed by atoms with E-state index in [1.807, 2.05) is 13.0 Å². The van der Waals surface area contributed by atoms with E-state index in [0.717, 1.165) is 12.0 Å². The lowest BCUT2D eigenvalue weighted by Crippen LogP contribution is -1.88. The van der Waals surface area contributed by atoms with Crippen LogP contribution < -0.4 is 0 Å². The van der Waals surface area contributed by atoms with Crippen molar-refractivity contribution in [3.05, 3.63) is 11.6 Å². The summed E-state index contributed by atoms with van der Waals surface area (Å²) < 4.78 is 0. The average Bonchev–Trinajstić information content (AvgIpc) is 1.82. The molecule has 0 heterocycles. The van der Waals surface area contributed by atoms with E-state index >= 15 is 0 Å². The minimum Gasteiger partial charge on any atom is -0.193 e. The molecule has 0 saturated carbocycles. The third-order valence-corrected chi connectivity index (χ3v) is 1.12. The molecule has 1 heteroatoms. The minimum absolute atomic E-state index is 0.593. The van der Waals surface area contributed by atoms with Gasteiger partial charge in [0.25, 0.3) is 0 Å². The molecule has 0 aromatic carbocycles. The van der Waals surface area contributed by atoms with E-state index in [1.54, 1.807) is 0 Å². The van der Waals surface area contributed by atoms with Crippen LogP contribution in [0.3, 0.4) is 0 Å². The summed E-state index contributed by atoms with van der Waals surface area (Å²) in [4.78, 5) is 0. The first-order chi connectivity index (χ1) is 4.20. The van der Waals surface area contributed by atoms with Crippen LogP contribution >= 0.6 is 0 Å². The summed E-state index contributed by atoms with van der Waals surface area (Å²) in [6.45, 7) is 6.13. The monoisotopic (exact) mass is 123 g/mol. The van der Waals surface area contributed by atoms with Gasteiger partial charge in [0.15, 0.2) is 0 Å². The van der Waals surface area contributed by atoms with Gasteiger partial charge in [-0.15, -0.1) is 0 Å². The largest absolute Gasteiger partial charge is 0.193 e. The van der Waals surface area contributed by atoms with Crippen molar-refractivity contribution in [2.24, 2.45) is 5.92 Å². The van der Waals surface area contributed by atoms with Crippen LogP contribution in [-0.4, -0.2) is 0 Å². The molecule has 0 spiro atoms. The Labute approximate surface area is 57.0 Å². The third-order valence-electron chi connectivity index (χ3n) is 1.12. The predicted molar refractivity (Wildman–Crippen MR) is 38.8 cm³/mol. The van der Waals surface area contributed by atoms with Crippen LogP contribution in [0.2, 0.25) is 0 Å². The number of hydrogen-bond acceptors (Lipinski definition) is 1. The van der Waals surface area contributed by atoms with Crippen molar-refractivity contribution < 1.29 is 0 Å². The summed E-state index contributed by atoms with van der Waals surface area (Å²) in [5.41, 5.74) is 0.894. The van der Waals surface area contributed by atoms with Gasteiger partial charge in [0.2, 0.25) is 0 Å². The Hall–Kier alpha value is -0.770. The second-order valence-corrected chi connectivity index (χ2v) is 2.52. The van der Waals surface area contributed by atoms with E-state index in [9.17, 15) is 0 Å². The molecule has 0 aliphatic heterocycles. The molecule has 0 aliphatic carbocycles. The van der Waals surface area contributed by atoms with Gasteiger partial charge in [0, 0.05) is 5.57 Å². The quantitative estimate of drug-likeness (QED) is 0.517. The number of nitrogens with zero attached hydrogens (tertiary/aromatic N) is 1. The Bertz CT molecular complexity index is 137. The molecule has 0 atom stereocenters. The second kappa shape index (κ2) is 4.14. The fourth-order valence-corrected chi connectivity index (χ4v) is 0.668. The number of nitriles is 1. The van der Waals surface area contributed by atoms with E-state index in [4.69, 9.17) is 5.26 Å². The number of hydrogen-bond donors (Lipinski definition) is 0. The highest BCUT2D eigenvalue weighted by Gasteiger charge is 1.96. The number of rotatable bonds is 2. The zero-order chi connectivity index (χ0) is 7.28. The fourth-order valence-electron chi connectivity index (χ4n) is 0.668. The summed E-state index contributed by atoms with van der Waals surface area (Å²) in [5.74, 6) is 0.593. The van der Waals surface area contributed by atoms with Crippen LogP contribution in [0.1, 0.15) is 27.2 Å². The first-order valence-corrected chi connectivity index (χ1v) is 3.26. The molecule has 0 radical (unpaired) electrons. The van der Waals surface area contributed by atoms with Gasteiger partial charge in [-0.3, -0.25) is 0 Å². The maximum absolute atomic E-state index is 8.46. The second-order valence-electron chi connectivity index (χ2n) is 2.52. The van der Waals surface area contributed by atoms with Crippen LogP contribution in [0.5, 0.6) is 0 Å². The van der Waals surface area contributed by atoms with Gasteiger partial charge in [-0.05, 0) is 19.3 Å². The van der Waals surface area contributed by atoms with Gasteiger partial charge in [-0.1, -0.05) is 19.9 Å². The van der Waals surface area contributed by atoms with Gasteiger partial charge in [0.1, 0.15) is 0 Å². The normalized spacial score (nSPS) is 11.7. The van der Waals surface area contributed by atoms with E-state index in [-0.39, 0.29) is 0 Å².